The lowest BCUT2D eigenvalue weighted by Crippen LogP contribution is -2.55. The number of hydrogen-bond donors (Lipinski definition) is 2. The molecule has 19 heavy (non-hydrogen) atoms. The molecule has 3 N–H and O–H groups in total. The standard InChI is InChI=1S/C13H16Cl2N2O2/c14-10-3-2-9(11(15)6-10)7-17-5-1-4-13(19,8-17)12(16)18/h2-3,6,19H,1,4-5,7-8H2,(H2,16,18). The molecule has 6 heteroatoms. The van der Waals surface area contributed by atoms with Gasteiger partial charge in [-0.05, 0) is 37.1 Å². The molecule has 104 valence electrons. The van der Waals surface area contributed by atoms with Crippen molar-refractivity contribution in [3.63, 3.8) is 0 Å². The Hall–Kier alpha value is -0.810. The molecule has 1 heterocycles. The average molecular weight is 303 g/mol. The van der Waals surface area contributed by atoms with Gasteiger partial charge in [-0.3, -0.25) is 9.69 Å². The number of benzene rings is 1. The van der Waals surface area contributed by atoms with Gasteiger partial charge >= 0.3 is 0 Å². The van der Waals surface area contributed by atoms with Crippen molar-refractivity contribution in [3.8, 4) is 0 Å². The van der Waals surface area contributed by atoms with Gasteiger partial charge in [-0.15, -0.1) is 0 Å². The highest BCUT2D eigenvalue weighted by Gasteiger charge is 2.38. The molecule has 4 nitrogen and oxygen atoms in total. The second-order valence-electron chi connectivity index (χ2n) is 4.95. The smallest absolute Gasteiger partial charge is 0.250 e. The Labute approximate surface area is 122 Å². The number of piperidine rings is 1. The van der Waals surface area contributed by atoms with Gasteiger partial charge < -0.3 is 10.8 Å². The number of rotatable bonds is 3. The molecule has 1 aromatic carbocycles. The zero-order valence-electron chi connectivity index (χ0n) is 10.4. The maximum Gasteiger partial charge on any atom is 0.250 e. The summed E-state index contributed by atoms with van der Waals surface area (Å²) in [6.07, 6.45) is 1.14. The van der Waals surface area contributed by atoms with Crippen LogP contribution in [0.15, 0.2) is 18.2 Å². The minimum atomic E-state index is -1.43. The molecule has 2 rings (SSSR count). The van der Waals surface area contributed by atoms with Crippen LogP contribution in [0, 0.1) is 0 Å². The van der Waals surface area contributed by atoms with Crippen molar-refractivity contribution in [2.45, 2.75) is 25.0 Å². The summed E-state index contributed by atoms with van der Waals surface area (Å²) in [5, 5.41) is 11.3. The summed E-state index contributed by atoms with van der Waals surface area (Å²) in [5.41, 5.74) is 4.73. The molecule has 0 saturated carbocycles. The molecule has 0 radical (unpaired) electrons. The summed E-state index contributed by atoms with van der Waals surface area (Å²) in [4.78, 5) is 13.3. The number of likely N-dealkylation sites (tertiary alicyclic amines) is 1. The van der Waals surface area contributed by atoms with Crippen molar-refractivity contribution in [2.24, 2.45) is 5.73 Å². The molecule has 0 bridgehead atoms. The minimum absolute atomic E-state index is 0.237. The van der Waals surface area contributed by atoms with Gasteiger partial charge in [-0.2, -0.15) is 0 Å². The van der Waals surface area contributed by atoms with Crippen LogP contribution in [0.3, 0.4) is 0 Å². The summed E-state index contributed by atoms with van der Waals surface area (Å²) in [6, 6.07) is 5.30. The Bertz CT molecular complexity index is 496. The number of β-amino-alcohol motifs (C(OH)–C–C–N with tert-alkyl or cyclic N) is 1. The monoisotopic (exact) mass is 302 g/mol. The zero-order chi connectivity index (χ0) is 14.0. The van der Waals surface area contributed by atoms with Gasteiger partial charge in [0.1, 0.15) is 0 Å². The van der Waals surface area contributed by atoms with E-state index in [0.29, 0.717) is 23.0 Å². The van der Waals surface area contributed by atoms with Crippen molar-refractivity contribution < 1.29 is 9.90 Å². The average Bonchev–Trinajstić information content (AvgIpc) is 2.33. The van der Waals surface area contributed by atoms with Gasteiger partial charge in [0.15, 0.2) is 5.60 Å². The number of aliphatic hydroxyl groups is 1. The van der Waals surface area contributed by atoms with Gasteiger partial charge in [-0.1, -0.05) is 29.3 Å². The summed E-state index contributed by atoms with van der Waals surface area (Å²) in [7, 11) is 0. The third-order valence-electron chi connectivity index (χ3n) is 3.42. The molecule has 0 aliphatic carbocycles. The van der Waals surface area contributed by atoms with Crippen molar-refractivity contribution in [1.29, 1.82) is 0 Å². The number of primary amides is 1. The lowest BCUT2D eigenvalue weighted by Gasteiger charge is -2.37. The van der Waals surface area contributed by atoms with E-state index in [4.69, 9.17) is 28.9 Å². The number of nitrogens with two attached hydrogens (primary N) is 1. The molecule has 1 aromatic rings. The second kappa shape index (κ2) is 5.67. The lowest BCUT2D eigenvalue weighted by molar-refractivity contribution is -0.142. The molecule has 1 aliphatic rings. The minimum Gasteiger partial charge on any atom is -0.379 e. The molecule has 1 amide bonds. The highest BCUT2D eigenvalue weighted by molar-refractivity contribution is 6.35. The zero-order valence-corrected chi connectivity index (χ0v) is 11.9. The molecule has 1 unspecified atom stereocenters. The largest absolute Gasteiger partial charge is 0.379 e. The van der Waals surface area contributed by atoms with Crippen LogP contribution in [0.25, 0.3) is 0 Å². The topological polar surface area (TPSA) is 66.6 Å². The Morgan fingerprint density at radius 3 is 2.84 bits per heavy atom. The van der Waals surface area contributed by atoms with Gasteiger partial charge in [0.05, 0.1) is 0 Å². The van der Waals surface area contributed by atoms with Crippen LogP contribution in [0.1, 0.15) is 18.4 Å². The van der Waals surface area contributed by atoms with Crippen molar-refractivity contribution in [3.05, 3.63) is 33.8 Å². The fourth-order valence-electron chi connectivity index (χ4n) is 2.35. The maximum absolute atomic E-state index is 11.3. The van der Waals surface area contributed by atoms with Crippen LogP contribution in [-0.2, 0) is 11.3 Å². The number of nitrogens with zero attached hydrogens (tertiary/aromatic N) is 1. The van der Waals surface area contributed by atoms with E-state index in [2.05, 4.69) is 0 Å². The van der Waals surface area contributed by atoms with Gasteiger partial charge in [-0.25, -0.2) is 0 Å². The number of carbonyl (C=O) groups excluding carboxylic acids is 1. The Morgan fingerprint density at radius 2 is 2.21 bits per heavy atom. The van der Waals surface area contributed by atoms with Crippen LogP contribution in [0.4, 0.5) is 0 Å². The van der Waals surface area contributed by atoms with E-state index in [1.807, 2.05) is 11.0 Å². The maximum atomic E-state index is 11.3. The van der Waals surface area contributed by atoms with E-state index in [1.165, 1.54) is 0 Å². The van der Waals surface area contributed by atoms with Crippen LogP contribution in [0.2, 0.25) is 10.0 Å². The molecule has 0 aromatic heterocycles. The first kappa shape index (κ1) is 14.6. The van der Waals surface area contributed by atoms with Gasteiger partial charge in [0.25, 0.3) is 5.91 Å². The van der Waals surface area contributed by atoms with Crippen molar-refractivity contribution in [2.75, 3.05) is 13.1 Å². The molecular formula is C13H16Cl2N2O2. The predicted octanol–water partition coefficient (Wildman–Crippen LogP) is 1.81. The van der Waals surface area contributed by atoms with Crippen LogP contribution < -0.4 is 5.73 Å². The summed E-state index contributed by atoms with van der Waals surface area (Å²) >= 11 is 12.0. The SMILES string of the molecule is NC(=O)C1(O)CCCN(Cc2ccc(Cl)cc2Cl)C1. The first-order valence-electron chi connectivity index (χ1n) is 6.09. The third-order valence-corrected chi connectivity index (χ3v) is 4.00. The Morgan fingerprint density at radius 1 is 1.47 bits per heavy atom. The number of carbonyl (C=O) groups is 1. The van der Waals surface area contributed by atoms with Gasteiger partial charge in [0, 0.05) is 23.1 Å². The predicted molar refractivity (Wildman–Crippen MR) is 75.1 cm³/mol. The lowest BCUT2D eigenvalue weighted by atomic mass is 9.92. The van der Waals surface area contributed by atoms with Crippen molar-refractivity contribution >= 4 is 29.1 Å². The second-order valence-corrected chi connectivity index (χ2v) is 5.79. The van der Waals surface area contributed by atoms with E-state index >= 15 is 0 Å². The first-order chi connectivity index (χ1) is 8.90. The quantitative estimate of drug-likeness (QED) is 0.895. The van der Waals surface area contributed by atoms with Crippen LogP contribution in [-0.4, -0.2) is 34.6 Å². The third kappa shape index (κ3) is 3.39. The molecule has 1 fully saturated rings. The summed E-state index contributed by atoms with van der Waals surface area (Å²) < 4.78 is 0. The summed E-state index contributed by atoms with van der Waals surface area (Å²) in [6.45, 7) is 1.60. The van der Waals surface area contributed by atoms with Gasteiger partial charge in [0.2, 0.25) is 0 Å². The Kier molecular flexibility index (Phi) is 4.36. The fraction of sp³-hybridized carbons (Fsp3) is 0.462. The van der Waals surface area contributed by atoms with Crippen LogP contribution in [0.5, 0.6) is 0 Å². The normalized spacial score (nSPS) is 24.4. The molecule has 1 aliphatic heterocycles. The molecule has 1 saturated heterocycles. The first-order valence-corrected chi connectivity index (χ1v) is 6.85. The highest BCUT2D eigenvalue weighted by Crippen LogP contribution is 2.26. The Balaban J connectivity index is 2.09. The van der Waals surface area contributed by atoms with Crippen molar-refractivity contribution in [1.82, 2.24) is 4.90 Å². The van der Waals surface area contributed by atoms with E-state index < -0.39 is 11.5 Å². The fourth-order valence-corrected chi connectivity index (χ4v) is 2.82. The molecule has 0 spiro atoms. The van der Waals surface area contributed by atoms with E-state index in [1.54, 1.807) is 12.1 Å². The van der Waals surface area contributed by atoms with E-state index in [-0.39, 0.29) is 6.54 Å². The van der Waals surface area contributed by atoms with E-state index in [0.717, 1.165) is 18.5 Å². The summed E-state index contributed by atoms with van der Waals surface area (Å²) in [5.74, 6) is -0.667. The number of hydrogen-bond acceptors (Lipinski definition) is 3. The molecular weight excluding hydrogens is 287 g/mol. The number of halogens is 2. The highest BCUT2D eigenvalue weighted by atomic mass is 35.5. The molecule has 1 atom stereocenters. The van der Waals surface area contributed by atoms with E-state index in [9.17, 15) is 9.90 Å². The van der Waals surface area contributed by atoms with Crippen LogP contribution >= 0.6 is 23.2 Å². The number of amides is 1.